The molecule has 2 N–H and O–H groups in total. The van der Waals surface area contributed by atoms with Gasteiger partial charge in [-0.2, -0.15) is 5.10 Å². The summed E-state index contributed by atoms with van der Waals surface area (Å²) in [6, 6.07) is 6.47. The minimum absolute atomic E-state index is 0.237. The number of aromatic nitrogens is 3. The van der Waals surface area contributed by atoms with Gasteiger partial charge in [0.25, 0.3) is 0 Å². The first-order chi connectivity index (χ1) is 12.6. The molecule has 26 heavy (non-hydrogen) atoms. The van der Waals surface area contributed by atoms with Crippen molar-refractivity contribution in [2.24, 2.45) is 5.73 Å². The molecular weight excluding hydrogens is 357 g/mol. The number of benzene rings is 1. The Balaban J connectivity index is 1.55. The average molecular weight is 373 g/mol. The normalized spacial score (nSPS) is 16.9. The predicted molar refractivity (Wildman–Crippen MR) is 95.5 cm³/mol. The predicted octanol–water partition coefficient (Wildman–Crippen LogP) is 2.48. The highest BCUT2D eigenvalue weighted by molar-refractivity contribution is 7.09. The molecule has 9 heteroatoms. The smallest absolute Gasteiger partial charge is 0.414 e. The third kappa shape index (κ3) is 3.18. The van der Waals surface area contributed by atoms with Crippen LogP contribution in [0.1, 0.15) is 5.01 Å². The molecule has 1 amide bonds. The number of cyclic esters (lactones) is 1. The summed E-state index contributed by atoms with van der Waals surface area (Å²) < 4.78 is 21.5. The molecule has 1 aromatic carbocycles. The van der Waals surface area contributed by atoms with Gasteiger partial charge in [0.05, 0.1) is 24.5 Å². The van der Waals surface area contributed by atoms with Gasteiger partial charge in [-0.15, -0.1) is 11.3 Å². The summed E-state index contributed by atoms with van der Waals surface area (Å²) in [6.07, 6.45) is 2.67. The van der Waals surface area contributed by atoms with Crippen molar-refractivity contribution >= 4 is 23.1 Å². The molecule has 0 bridgehead atoms. The second kappa shape index (κ2) is 6.85. The summed E-state index contributed by atoms with van der Waals surface area (Å²) in [5.41, 5.74) is 6.92. The summed E-state index contributed by atoms with van der Waals surface area (Å²) >= 11 is 1.45. The Hall–Kier alpha value is -2.78. The fourth-order valence-electron chi connectivity index (χ4n) is 2.77. The van der Waals surface area contributed by atoms with Gasteiger partial charge in [0, 0.05) is 29.9 Å². The van der Waals surface area contributed by atoms with Gasteiger partial charge in [-0.05, 0) is 24.3 Å². The van der Waals surface area contributed by atoms with Crippen LogP contribution >= 0.6 is 11.3 Å². The molecule has 1 fully saturated rings. The summed E-state index contributed by atoms with van der Waals surface area (Å²) in [5.74, 6) is -0.442. The standard InChI is InChI=1S/C17H16FN5O2S/c18-14-6-11(23-8-12(7-19)25-17(23)24)2-3-13(14)15-10-26-16(21-15)9-22-5-1-4-20-22/h1-6,10,12H,7-9,19H2/t12-/m0/s1. The lowest BCUT2D eigenvalue weighted by Gasteiger charge is -2.13. The lowest BCUT2D eigenvalue weighted by atomic mass is 10.1. The molecule has 3 aromatic rings. The molecule has 1 aliphatic rings. The van der Waals surface area contributed by atoms with Gasteiger partial charge in [-0.25, -0.2) is 14.2 Å². The molecule has 134 valence electrons. The number of nitrogens with two attached hydrogens (primary N) is 1. The van der Waals surface area contributed by atoms with Crippen molar-refractivity contribution in [2.45, 2.75) is 12.6 Å². The summed E-state index contributed by atoms with van der Waals surface area (Å²) in [4.78, 5) is 17.7. The average Bonchev–Trinajstić information content (AvgIpc) is 3.36. The van der Waals surface area contributed by atoms with Crippen LogP contribution in [0.25, 0.3) is 11.3 Å². The SMILES string of the molecule is NC[C@H]1CN(c2ccc(-c3csc(Cn4cccn4)n3)c(F)c2)C(=O)O1. The largest absolute Gasteiger partial charge is 0.443 e. The highest BCUT2D eigenvalue weighted by Gasteiger charge is 2.31. The van der Waals surface area contributed by atoms with Crippen LogP contribution in [-0.2, 0) is 11.3 Å². The van der Waals surface area contributed by atoms with Gasteiger partial charge in [0.15, 0.2) is 0 Å². The van der Waals surface area contributed by atoms with E-state index in [2.05, 4.69) is 10.1 Å². The quantitative estimate of drug-likeness (QED) is 0.742. The third-order valence-corrected chi connectivity index (χ3v) is 4.92. The number of halogens is 1. The topological polar surface area (TPSA) is 86.3 Å². The molecule has 0 spiro atoms. The Morgan fingerprint density at radius 2 is 2.31 bits per heavy atom. The Labute approximate surface area is 152 Å². The van der Waals surface area contributed by atoms with E-state index in [1.54, 1.807) is 23.0 Å². The first-order valence-corrected chi connectivity index (χ1v) is 8.92. The summed E-state index contributed by atoms with van der Waals surface area (Å²) in [7, 11) is 0. The van der Waals surface area contributed by atoms with Crippen LogP contribution in [0.15, 0.2) is 42.0 Å². The van der Waals surface area contributed by atoms with Crippen molar-refractivity contribution in [3.8, 4) is 11.3 Å². The Morgan fingerprint density at radius 3 is 3.00 bits per heavy atom. The number of hydrogen-bond donors (Lipinski definition) is 1. The van der Waals surface area contributed by atoms with Crippen molar-refractivity contribution in [3.63, 3.8) is 0 Å². The van der Waals surface area contributed by atoms with E-state index in [0.717, 1.165) is 5.01 Å². The zero-order valence-electron chi connectivity index (χ0n) is 13.7. The van der Waals surface area contributed by atoms with Gasteiger partial charge in [0.1, 0.15) is 16.9 Å². The van der Waals surface area contributed by atoms with Crippen LogP contribution in [0.2, 0.25) is 0 Å². The van der Waals surface area contributed by atoms with E-state index in [1.165, 1.54) is 22.3 Å². The zero-order chi connectivity index (χ0) is 18.1. The summed E-state index contributed by atoms with van der Waals surface area (Å²) in [6.45, 7) is 1.09. The fraction of sp³-hybridized carbons (Fsp3) is 0.235. The number of ether oxygens (including phenoxy) is 1. The van der Waals surface area contributed by atoms with E-state index < -0.39 is 11.9 Å². The third-order valence-electron chi connectivity index (χ3n) is 4.09. The maximum absolute atomic E-state index is 14.6. The highest BCUT2D eigenvalue weighted by Crippen LogP contribution is 2.30. The van der Waals surface area contributed by atoms with E-state index in [0.29, 0.717) is 30.0 Å². The van der Waals surface area contributed by atoms with Gasteiger partial charge >= 0.3 is 6.09 Å². The molecule has 2 aromatic heterocycles. The Bertz CT molecular complexity index is 927. The second-order valence-corrected chi connectivity index (χ2v) is 6.79. The molecule has 1 aliphatic heterocycles. The second-order valence-electron chi connectivity index (χ2n) is 5.85. The first kappa shape index (κ1) is 16.7. The minimum atomic E-state index is -0.511. The van der Waals surface area contributed by atoms with Crippen LogP contribution in [0.5, 0.6) is 0 Å². The van der Waals surface area contributed by atoms with Gasteiger partial charge in [0.2, 0.25) is 0 Å². The van der Waals surface area contributed by atoms with Crippen LogP contribution in [0.4, 0.5) is 14.9 Å². The molecule has 0 radical (unpaired) electrons. The Kier molecular flexibility index (Phi) is 4.39. The maximum Gasteiger partial charge on any atom is 0.414 e. The highest BCUT2D eigenvalue weighted by atomic mass is 32.1. The van der Waals surface area contributed by atoms with Crippen molar-refractivity contribution in [1.29, 1.82) is 0 Å². The number of thiazole rings is 1. The monoisotopic (exact) mass is 373 g/mol. The molecule has 7 nitrogen and oxygen atoms in total. The van der Waals surface area contributed by atoms with Crippen LogP contribution in [0.3, 0.4) is 0 Å². The molecule has 0 aliphatic carbocycles. The van der Waals surface area contributed by atoms with Crippen LogP contribution < -0.4 is 10.6 Å². The Morgan fingerprint density at radius 1 is 1.42 bits per heavy atom. The van der Waals surface area contributed by atoms with Gasteiger partial charge in [-0.1, -0.05) is 0 Å². The molecular formula is C17H16FN5O2S. The van der Waals surface area contributed by atoms with Crippen molar-refractivity contribution in [3.05, 3.63) is 52.9 Å². The molecule has 0 saturated carbocycles. The van der Waals surface area contributed by atoms with Gasteiger partial charge in [-0.3, -0.25) is 9.58 Å². The number of anilines is 1. The van der Waals surface area contributed by atoms with E-state index in [1.807, 2.05) is 17.6 Å². The maximum atomic E-state index is 14.6. The lowest BCUT2D eigenvalue weighted by Crippen LogP contribution is -2.27. The van der Waals surface area contributed by atoms with Gasteiger partial charge < -0.3 is 10.5 Å². The number of rotatable bonds is 5. The molecule has 3 heterocycles. The van der Waals surface area contributed by atoms with E-state index in [-0.39, 0.29) is 12.6 Å². The van der Waals surface area contributed by atoms with E-state index in [4.69, 9.17) is 10.5 Å². The number of amides is 1. The molecule has 4 rings (SSSR count). The van der Waals surface area contributed by atoms with Crippen LogP contribution in [-0.4, -0.2) is 40.1 Å². The number of carbonyl (C=O) groups excluding carboxylic acids is 1. The molecule has 1 atom stereocenters. The number of hydrogen-bond acceptors (Lipinski definition) is 6. The first-order valence-electron chi connectivity index (χ1n) is 8.04. The zero-order valence-corrected chi connectivity index (χ0v) is 14.5. The van der Waals surface area contributed by atoms with Crippen molar-refractivity contribution in [2.75, 3.05) is 18.0 Å². The fourth-order valence-corrected chi connectivity index (χ4v) is 3.56. The number of carbonyl (C=O) groups is 1. The molecule has 0 unspecified atom stereocenters. The summed E-state index contributed by atoms with van der Waals surface area (Å²) in [5, 5.41) is 6.78. The molecule has 1 saturated heterocycles. The number of nitrogens with zero attached hydrogens (tertiary/aromatic N) is 4. The van der Waals surface area contributed by atoms with Crippen molar-refractivity contribution < 1.29 is 13.9 Å². The lowest BCUT2D eigenvalue weighted by molar-refractivity contribution is 0.145. The van der Waals surface area contributed by atoms with Crippen molar-refractivity contribution in [1.82, 2.24) is 14.8 Å². The van der Waals surface area contributed by atoms with Crippen LogP contribution in [0, 0.1) is 5.82 Å². The van der Waals surface area contributed by atoms with E-state index in [9.17, 15) is 9.18 Å². The minimum Gasteiger partial charge on any atom is -0.443 e. The van der Waals surface area contributed by atoms with E-state index >= 15 is 0 Å².